The van der Waals surface area contributed by atoms with Crippen molar-refractivity contribution in [1.29, 1.82) is 0 Å². The van der Waals surface area contributed by atoms with Crippen LogP contribution < -0.4 is 10.6 Å². The summed E-state index contributed by atoms with van der Waals surface area (Å²) >= 11 is 0. The quantitative estimate of drug-likeness (QED) is 0.281. The molecule has 0 bridgehead atoms. The van der Waals surface area contributed by atoms with Crippen molar-refractivity contribution in [3.05, 3.63) is 142 Å². The summed E-state index contributed by atoms with van der Waals surface area (Å²) in [5, 5.41) is 7.87. The van der Waals surface area contributed by atoms with Gasteiger partial charge >= 0.3 is 0 Å². The summed E-state index contributed by atoms with van der Waals surface area (Å²) in [4.78, 5) is 0. The number of hydrogen-bond donors (Lipinski definition) is 2. The fourth-order valence-corrected chi connectivity index (χ4v) is 4.86. The predicted octanol–water partition coefficient (Wildman–Crippen LogP) is 7.28. The Labute approximate surface area is 205 Å². The fourth-order valence-electron chi connectivity index (χ4n) is 4.86. The van der Waals surface area contributed by atoms with E-state index in [1.807, 2.05) is 0 Å². The van der Waals surface area contributed by atoms with E-state index in [1.165, 1.54) is 44.5 Å². The van der Waals surface area contributed by atoms with Gasteiger partial charge in [-0.3, -0.25) is 0 Å². The van der Waals surface area contributed by atoms with Crippen LogP contribution in [-0.4, -0.2) is 0 Å². The van der Waals surface area contributed by atoms with Crippen molar-refractivity contribution in [2.24, 2.45) is 0 Å². The zero-order valence-electron chi connectivity index (χ0n) is 20.8. The van der Waals surface area contributed by atoms with Gasteiger partial charge in [-0.2, -0.15) is 0 Å². The summed E-state index contributed by atoms with van der Waals surface area (Å²) < 4.78 is 0. The van der Waals surface area contributed by atoms with Crippen LogP contribution in [0.4, 0.5) is 0 Å². The Balaban J connectivity index is 1.69. The summed E-state index contributed by atoms with van der Waals surface area (Å²) in [6.07, 6.45) is 0. The van der Waals surface area contributed by atoms with Gasteiger partial charge in [-0.05, 0) is 72.2 Å². The predicted molar refractivity (Wildman–Crippen MR) is 144 cm³/mol. The molecule has 0 amide bonds. The van der Waals surface area contributed by atoms with Crippen molar-refractivity contribution in [3.63, 3.8) is 0 Å². The molecule has 0 aromatic heterocycles. The van der Waals surface area contributed by atoms with Crippen LogP contribution in [0.25, 0.3) is 0 Å². The SMILES string of the molecule is Cc1cccc(C)c1CN[C@H](c1ccccc1)[C@H](NCc1c(C)cccc1C)c1ccccc1. The van der Waals surface area contributed by atoms with Crippen molar-refractivity contribution in [3.8, 4) is 0 Å². The first-order valence-corrected chi connectivity index (χ1v) is 12.2. The lowest BCUT2D eigenvalue weighted by Crippen LogP contribution is -2.35. The van der Waals surface area contributed by atoms with Crippen LogP contribution >= 0.6 is 0 Å². The molecule has 0 spiro atoms. The van der Waals surface area contributed by atoms with Crippen LogP contribution in [0.3, 0.4) is 0 Å². The third kappa shape index (κ3) is 5.64. The minimum absolute atomic E-state index is 0.118. The number of nitrogens with one attached hydrogen (secondary N) is 2. The monoisotopic (exact) mass is 448 g/mol. The van der Waals surface area contributed by atoms with E-state index in [9.17, 15) is 0 Å². The summed E-state index contributed by atoms with van der Waals surface area (Å²) in [6.45, 7) is 10.5. The van der Waals surface area contributed by atoms with Crippen LogP contribution in [0.15, 0.2) is 97.1 Å². The minimum atomic E-state index is 0.118. The Bertz CT molecular complexity index is 1060. The fraction of sp³-hybridized carbons (Fsp3) is 0.250. The molecule has 4 aromatic rings. The molecule has 0 fully saturated rings. The summed E-state index contributed by atoms with van der Waals surface area (Å²) in [6, 6.07) is 35.0. The maximum atomic E-state index is 3.94. The molecule has 2 atom stereocenters. The van der Waals surface area contributed by atoms with E-state index in [-0.39, 0.29) is 12.1 Å². The molecule has 0 aliphatic heterocycles. The van der Waals surface area contributed by atoms with Crippen LogP contribution in [0, 0.1) is 27.7 Å². The van der Waals surface area contributed by atoms with E-state index in [0.717, 1.165) is 13.1 Å². The molecule has 34 heavy (non-hydrogen) atoms. The molecule has 0 saturated heterocycles. The van der Waals surface area contributed by atoms with Crippen LogP contribution in [-0.2, 0) is 13.1 Å². The first-order chi connectivity index (χ1) is 16.5. The zero-order valence-corrected chi connectivity index (χ0v) is 20.8. The Hall–Kier alpha value is -3.20. The molecule has 0 unspecified atom stereocenters. The average molecular weight is 449 g/mol. The molecule has 0 saturated carbocycles. The van der Waals surface area contributed by atoms with Gasteiger partial charge in [0.2, 0.25) is 0 Å². The zero-order chi connectivity index (χ0) is 23.9. The van der Waals surface area contributed by atoms with E-state index >= 15 is 0 Å². The third-order valence-corrected chi connectivity index (χ3v) is 6.94. The molecular formula is C32H36N2. The molecule has 4 aromatic carbocycles. The molecule has 0 aliphatic carbocycles. The van der Waals surface area contributed by atoms with Gasteiger partial charge < -0.3 is 10.6 Å². The first kappa shape index (κ1) is 23.9. The van der Waals surface area contributed by atoms with Gasteiger partial charge in [-0.1, -0.05) is 97.1 Å². The highest BCUT2D eigenvalue weighted by Crippen LogP contribution is 2.31. The average Bonchev–Trinajstić information content (AvgIpc) is 2.85. The largest absolute Gasteiger partial charge is 0.304 e. The maximum absolute atomic E-state index is 3.94. The number of hydrogen-bond acceptors (Lipinski definition) is 2. The molecule has 0 heterocycles. The molecule has 0 aliphatic rings. The topological polar surface area (TPSA) is 24.1 Å². The molecular weight excluding hydrogens is 412 g/mol. The van der Waals surface area contributed by atoms with E-state index in [4.69, 9.17) is 0 Å². The van der Waals surface area contributed by atoms with Crippen LogP contribution in [0.2, 0.25) is 0 Å². The maximum Gasteiger partial charge on any atom is 0.0521 e. The summed E-state index contributed by atoms with van der Waals surface area (Å²) in [5.41, 5.74) is 10.7. The van der Waals surface area contributed by atoms with Crippen molar-refractivity contribution in [2.75, 3.05) is 0 Å². The third-order valence-electron chi connectivity index (χ3n) is 6.94. The summed E-state index contributed by atoms with van der Waals surface area (Å²) in [5.74, 6) is 0. The minimum Gasteiger partial charge on any atom is -0.304 e. The van der Waals surface area contributed by atoms with Gasteiger partial charge in [-0.25, -0.2) is 0 Å². The molecule has 2 heteroatoms. The Kier molecular flexibility index (Phi) is 7.95. The van der Waals surface area contributed by atoms with Gasteiger partial charge in [0.05, 0.1) is 12.1 Å². The van der Waals surface area contributed by atoms with E-state index in [1.54, 1.807) is 0 Å². The lowest BCUT2D eigenvalue weighted by molar-refractivity contribution is 0.380. The Morgan fingerprint density at radius 3 is 1.09 bits per heavy atom. The molecule has 2 nitrogen and oxygen atoms in total. The standard InChI is InChI=1S/C32H36N2/c1-23-13-11-14-24(2)29(23)21-33-31(27-17-7-5-8-18-27)32(28-19-9-6-10-20-28)34-22-30-25(3)15-12-16-26(30)4/h5-20,31-34H,21-22H2,1-4H3/t31-,32-/m1/s1. The van der Waals surface area contributed by atoms with Crippen molar-refractivity contribution >= 4 is 0 Å². The molecule has 4 rings (SSSR count). The smallest absolute Gasteiger partial charge is 0.0521 e. The number of benzene rings is 4. The first-order valence-electron chi connectivity index (χ1n) is 12.2. The lowest BCUT2D eigenvalue weighted by atomic mass is 9.92. The van der Waals surface area contributed by atoms with Crippen LogP contribution in [0.1, 0.15) is 56.6 Å². The van der Waals surface area contributed by atoms with Gasteiger partial charge in [0, 0.05) is 13.1 Å². The van der Waals surface area contributed by atoms with Crippen LogP contribution in [0.5, 0.6) is 0 Å². The Morgan fingerprint density at radius 2 is 0.765 bits per heavy atom. The second kappa shape index (κ2) is 11.3. The second-order valence-corrected chi connectivity index (χ2v) is 9.28. The van der Waals surface area contributed by atoms with Gasteiger partial charge in [-0.15, -0.1) is 0 Å². The van der Waals surface area contributed by atoms with Gasteiger partial charge in [0.1, 0.15) is 0 Å². The molecule has 174 valence electrons. The number of rotatable bonds is 9. The highest BCUT2D eigenvalue weighted by molar-refractivity contribution is 5.36. The Morgan fingerprint density at radius 1 is 0.441 bits per heavy atom. The summed E-state index contributed by atoms with van der Waals surface area (Å²) in [7, 11) is 0. The van der Waals surface area contributed by atoms with E-state index in [0.29, 0.717) is 0 Å². The highest BCUT2D eigenvalue weighted by Gasteiger charge is 2.25. The molecule has 2 N–H and O–H groups in total. The van der Waals surface area contributed by atoms with Gasteiger partial charge in [0.15, 0.2) is 0 Å². The number of aryl methyl sites for hydroxylation is 4. The van der Waals surface area contributed by atoms with Crippen molar-refractivity contribution < 1.29 is 0 Å². The highest BCUT2D eigenvalue weighted by atomic mass is 15.0. The van der Waals surface area contributed by atoms with Crippen molar-refractivity contribution in [2.45, 2.75) is 52.9 Å². The lowest BCUT2D eigenvalue weighted by Gasteiger charge is -2.31. The normalized spacial score (nSPS) is 12.9. The van der Waals surface area contributed by atoms with E-state index in [2.05, 4.69) is 135 Å². The second-order valence-electron chi connectivity index (χ2n) is 9.28. The molecule has 0 radical (unpaired) electrons. The van der Waals surface area contributed by atoms with Crippen molar-refractivity contribution in [1.82, 2.24) is 10.6 Å². The van der Waals surface area contributed by atoms with Gasteiger partial charge in [0.25, 0.3) is 0 Å². The van der Waals surface area contributed by atoms with E-state index < -0.39 is 0 Å².